The lowest BCUT2D eigenvalue weighted by molar-refractivity contribution is -0.141. The van der Waals surface area contributed by atoms with E-state index in [0.29, 0.717) is 30.0 Å². The second kappa shape index (κ2) is 16.8. The highest BCUT2D eigenvalue weighted by Gasteiger charge is 2.36. The first kappa shape index (κ1) is 34.7. The van der Waals surface area contributed by atoms with Crippen LogP contribution < -0.4 is 15.4 Å². The predicted molar refractivity (Wildman–Crippen MR) is 169 cm³/mol. The van der Waals surface area contributed by atoms with Crippen LogP contribution in [0.2, 0.25) is 0 Å². The van der Waals surface area contributed by atoms with Crippen molar-refractivity contribution in [3.63, 3.8) is 0 Å². The van der Waals surface area contributed by atoms with E-state index < -0.39 is 23.8 Å². The first-order valence-electron chi connectivity index (χ1n) is 15.2. The fraction of sp³-hybridized carbons (Fsp3) is 0.559. The lowest BCUT2D eigenvalue weighted by Gasteiger charge is -2.35. The molecule has 0 spiro atoms. The Labute approximate surface area is 252 Å². The molecule has 0 saturated heterocycles. The van der Waals surface area contributed by atoms with E-state index in [1.807, 2.05) is 38.1 Å². The van der Waals surface area contributed by atoms with Crippen LogP contribution in [0.4, 0.5) is 10.5 Å². The fourth-order valence-corrected chi connectivity index (χ4v) is 4.71. The maximum atomic E-state index is 14.4. The van der Waals surface area contributed by atoms with Crippen molar-refractivity contribution in [2.75, 3.05) is 19.0 Å². The van der Waals surface area contributed by atoms with Gasteiger partial charge in [0.25, 0.3) is 5.91 Å². The lowest BCUT2D eigenvalue weighted by Crippen LogP contribution is -2.53. The molecule has 0 aliphatic heterocycles. The molecule has 2 aromatic rings. The maximum absolute atomic E-state index is 14.4. The molecule has 2 N–H and O–H groups in total. The van der Waals surface area contributed by atoms with Crippen molar-refractivity contribution in [3.8, 4) is 5.75 Å². The summed E-state index contributed by atoms with van der Waals surface area (Å²) in [7, 11) is 1.59. The lowest BCUT2D eigenvalue weighted by atomic mass is 9.97. The molecule has 42 heavy (non-hydrogen) atoms. The van der Waals surface area contributed by atoms with Gasteiger partial charge in [-0.25, -0.2) is 4.79 Å². The van der Waals surface area contributed by atoms with Gasteiger partial charge in [-0.15, -0.1) is 0 Å². The smallest absolute Gasteiger partial charge is 0.408 e. The number of ether oxygens (including phenoxy) is 2. The minimum atomic E-state index is -0.901. The van der Waals surface area contributed by atoms with Crippen molar-refractivity contribution >= 4 is 23.6 Å². The number of alkyl carbamates (subject to hydrolysis) is 1. The third-order valence-corrected chi connectivity index (χ3v) is 6.85. The monoisotopic (exact) mass is 581 g/mol. The van der Waals surface area contributed by atoms with Crippen LogP contribution in [0.1, 0.15) is 97.7 Å². The van der Waals surface area contributed by atoms with Crippen LogP contribution in [0.25, 0.3) is 0 Å². The van der Waals surface area contributed by atoms with Crippen molar-refractivity contribution in [1.29, 1.82) is 0 Å². The predicted octanol–water partition coefficient (Wildman–Crippen LogP) is 7.29. The van der Waals surface area contributed by atoms with Gasteiger partial charge in [-0.1, -0.05) is 71.2 Å². The van der Waals surface area contributed by atoms with Gasteiger partial charge in [-0.3, -0.25) is 9.59 Å². The van der Waals surface area contributed by atoms with Crippen molar-refractivity contribution < 1.29 is 23.9 Å². The number of carbonyl (C=O) groups is 3. The van der Waals surface area contributed by atoms with E-state index >= 15 is 0 Å². The quantitative estimate of drug-likeness (QED) is 0.215. The van der Waals surface area contributed by atoms with Crippen molar-refractivity contribution in [1.82, 2.24) is 10.2 Å². The number of hydrogen-bond acceptors (Lipinski definition) is 5. The average Bonchev–Trinajstić information content (AvgIpc) is 2.93. The van der Waals surface area contributed by atoms with Gasteiger partial charge < -0.3 is 25.0 Å². The van der Waals surface area contributed by atoms with Crippen molar-refractivity contribution in [2.24, 2.45) is 5.92 Å². The molecule has 0 aliphatic rings. The molecule has 0 saturated carbocycles. The third kappa shape index (κ3) is 11.4. The number of anilines is 1. The Bertz CT molecular complexity index is 1120. The Hall–Kier alpha value is -3.55. The molecule has 8 nitrogen and oxygen atoms in total. The Kier molecular flexibility index (Phi) is 13.8. The Morgan fingerprint density at radius 3 is 2.07 bits per heavy atom. The van der Waals surface area contributed by atoms with E-state index in [1.165, 1.54) is 0 Å². The molecule has 2 unspecified atom stereocenters. The molecule has 0 fully saturated rings. The van der Waals surface area contributed by atoms with E-state index in [2.05, 4.69) is 24.5 Å². The number of aryl methyl sites for hydroxylation is 1. The minimum Gasteiger partial charge on any atom is -0.497 e. The summed E-state index contributed by atoms with van der Waals surface area (Å²) in [5.41, 5.74) is 1.73. The van der Waals surface area contributed by atoms with Crippen molar-refractivity contribution in [3.05, 3.63) is 59.7 Å². The zero-order valence-electron chi connectivity index (χ0n) is 26.8. The van der Waals surface area contributed by atoms with E-state index in [4.69, 9.17) is 9.47 Å². The Morgan fingerprint density at radius 2 is 1.55 bits per heavy atom. The van der Waals surface area contributed by atoms with E-state index in [0.717, 1.165) is 37.7 Å². The molecule has 0 radical (unpaired) electrons. The van der Waals surface area contributed by atoms with Crippen LogP contribution in [0.5, 0.6) is 5.75 Å². The molecule has 232 valence electrons. The molecular weight excluding hydrogens is 530 g/mol. The number of benzene rings is 2. The standard InChI is InChI=1S/C34H51N3O5/c1-9-11-12-13-22-37(32(39)29(23-24(3)4)36-33(40)42-34(5,6)7)30(26-16-14-25(10-2)15-17-26)31(38)35-27-18-20-28(41-8)21-19-27/h14-21,24,29-30H,9-13,22-23H2,1-8H3,(H,35,38)(H,36,40). The fourth-order valence-electron chi connectivity index (χ4n) is 4.71. The second-order valence-corrected chi connectivity index (χ2v) is 12.1. The van der Waals surface area contributed by atoms with Crippen LogP contribution in [-0.2, 0) is 20.7 Å². The van der Waals surface area contributed by atoms with Gasteiger partial charge in [0.15, 0.2) is 0 Å². The Balaban J connectivity index is 2.54. The minimum absolute atomic E-state index is 0.117. The molecule has 0 heterocycles. The van der Waals surface area contributed by atoms with Crippen LogP contribution >= 0.6 is 0 Å². The number of carbonyl (C=O) groups excluding carboxylic acids is 3. The van der Waals surface area contributed by atoms with Crippen LogP contribution in [0, 0.1) is 5.92 Å². The third-order valence-electron chi connectivity index (χ3n) is 6.85. The summed E-state index contributed by atoms with van der Waals surface area (Å²) in [4.78, 5) is 42.9. The summed E-state index contributed by atoms with van der Waals surface area (Å²) < 4.78 is 10.8. The van der Waals surface area contributed by atoms with Gasteiger partial charge in [-0.05, 0) is 81.3 Å². The molecule has 2 aromatic carbocycles. The molecule has 2 atom stereocenters. The number of hydrogen-bond donors (Lipinski definition) is 2. The first-order valence-corrected chi connectivity index (χ1v) is 15.2. The zero-order valence-corrected chi connectivity index (χ0v) is 26.8. The highest BCUT2D eigenvalue weighted by atomic mass is 16.6. The maximum Gasteiger partial charge on any atom is 0.408 e. The average molecular weight is 582 g/mol. The summed E-state index contributed by atoms with van der Waals surface area (Å²) in [6.45, 7) is 13.9. The number of methoxy groups -OCH3 is 1. The normalized spacial score (nSPS) is 12.8. The van der Waals surface area contributed by atoms with Crippen LogP contribution in [0.15, 0.2) is 48.5 Å². The summed E-state index contributed by atoms with van der Waals surface area (Å²) in [5.74, 6) is 0.165. The van der Waals surface area contributed by atoms with Gasteiger partial charge in [0.05, 0.1) is 7.11 Å². The van der Waals surface area contributed by atoms with Crippen molar-refractivity contribution in [2.45, 2.75) is 105 Å². The second-order valence-electron chi connectivity index (χ2n) is 12.1. The van der Waals surface area contributed by atoms with Gasteiger partial charge in [-0.2, -0.15) is 0 Å². The molecule has 8 heteroatoms. The van der Waals surface area contributed by atoms with E-state index in [1.54, 1.807) is 57.0 Å². The van der Waals surface area contributed by atoms with Gasteiger partial charge >= 0.3 is 6.09 Å². The largest absolute Gasteiger partial charge is 0.497 e. The number of amides is 3. The van der Waals surface area contributed by atoms with Gasteiger partial charge in [0.2, 0.25) is 5.91 Å². The first-order chi connectivity index (χ1) is 19.9. The van der Waals surface area contributed by atoms with Crippen LogP contribution in [0.3, 0.4) is 0 Å². The molecule has 0 aromatic heterocycles. The summed E-state index contributed by atoms with van der Waals surface area (Å²) in [6.07, 6.45) is 4.35. The summed E-state index contributed by atoms with van der Waals surface area (Å²) in [6, 6.07) is 13.2. The van der Waals surface area contributed by atoms with Gasteiger partial charge in [0, 0.05) is 12.2 Å². The molecule has 3 amide bonds. The van der Waals surface area contributed by atoms with E-state index in [-0.39, 0.29) is 17.7 Å². The number of nitrogens with one attached hydrogen (secondary N) is 2. The summed E-state index contributed by atoms with van der Waals surface area (Å²) >= 11 is 0. The highest BCUT2D eigenvalue weighted by molar-refractivity contribution is 5.99. The Morgan fingerprint density at radius 1 is 0.905 bits per heavy atom. The van der Waals surface area contributed by atoms with Gasteiger partial charge in [0.1, 0.15) is 23.4 Å². The molecular formula is C34H51N3O5. The topological polar surface area (TPSA) is 97.0 Å². The number of nitrogens with zero attached hydrogens (tertiary/aromatic N) is 1. The molecule has 0 bridgehead atoms. The highest BCUT2D eigenvalue weighted by Crippen LogP contribution is 2.27. The van der Waals surface area contributed by atoms with Crippen LogP contribution in [-0.4, -0.2) is 48.1 Å². The molecule has 0 aliphatic carbocycles. The molecule has 2 rings (SSSR count). The number of unbranched alkanes of at least 4 members (excludes halogenated alkanes) is 3. The summed E-state index contributed by atoms with van der Waals surface area (Å²) in [5, 5.41) is 5.82. The SMILES string of the molecule is CCCCCCN(C(=O)C(CC(C)C)NC(=O)OC(C)(C)C)C(C(=O)Nc1ccc(OC)cc1)c1ccc(CC)cc1. The van der Waals surface area contributed by atoms with E-state index in [9.17, 15) is 14.4 Å². The number of rotatable bonds is 15. The zero-order chi connectivity index (χ0) is 31.3.